The Morgan fingerprint density at radius 2 is 2.19 bits per heavy atom. The average Bonchev–Trinajstić information content (AvgIpc) is 2.70. The number of alkyl halides is 1. The number of aromatic nitrogens is 2. The van der Waals surface area contributed by atoms with Gasteiger partial charge in [0.05, 0.1) is 11.8 Å². The van der Waals surface area contributed by atoms with Crippen molar-refractivity contribution in [2.75, 3.05) is 12.4 Å². The molecule has 0 saturated carbocycles. The van der Waals surface area contributed by atoms with Crippen LogP contribution in [0.25, 0.3) is 0 Å². The van der Waals surface area contributed by atoms with Gasteiger partial charge in [-0.25, -0.2) is 0 Å². The van der Waals surface area contributed by atoms with Crippen molar-refractivity contribution in [2.24, 2.45) is 7.05 Å². The van der Waals surface area contributed by atoms with Crippen molar-refractivity contribution >= 4 is 17.5 Å². The largest absolute Gasteiger partial charge is 0.352 e. The molecule has 0 aliphatic carbocycles. The number of carbonyl (C=O) groups is 1. The van der Waals surface area contributed by atoms with Gasteiger partial charge in [-0.3, -0.25) is 9.48 Å². The maximum absolute atomic E-state index is 11.6. The number of hydrogen-bond acceptors (Lipinski definition) is 2. The summed E-state index contributed by atoms with van der Waals surface area (Å²) >= 11 is 5.57. The van der Waals surface area contributed by atoms with Gasteiger partial charge in [-0.2, -0.15) is 5.10 Å². The van der Waals surface area contributed by atoms with Crippen LogP contribution in [0.4, 0.5) is 0 Å². The highest BCUT2D eigenvalue weighted by molar-refractivity contribution is 6.17. The first-order valence-electron chi connectivity index (χ1n) is 5.57. The molecule has 1 aromatic rings. The zero-order valence-corrected chi connectivity index (χ0v) is 10.3. The quantitative estimate of drug-likeness (QED) is 0.588. The van der Waals surface area contributed by atoms with E-state index < -0.39 is 0 Å². The minimum absolute atomic E-state index is 0.0505. The summed E-state index contributed by atoms with van der Waals surface area (Å²) in [6.07, 6.45) is 7.58. The van der Waals surface area contributed by atoms with E-state index in [2.05, 4.69) is 10.4 Å². The number of unbranched alkanes of at least 4 members (excludes halogenated alkanes) is 3. The summed E-state index contributed by atoms with van der Waals surface area (Å²) in [5.74, 6) is 0.674. The Bertz CT molecular complexity index is 325. The molecule has 90 valence electrons. The molecule has 0 saturated heterocycles. The molecule has 0 fully saturated rings. The minimum atomic E-state index is -0.0505. The van der Waals surface area contributed by atoms with Gasteiger partial charge >= 0.3 is 0 Å². The third-order valence-corrected chi connectivity index (χ3v) is 2.58. The lowest BCUT2D eigenvalue weighted by Crippen LogP contribution is -2.24. The predicted octanol–water partition coefficient (Wildman–Crippen LogP) is 1.95. The van der Waals surface area contributed by atoms with Gasteiger partial charge in [0.1, 0.15) is 0 Å². The van der Waals surface area contributed by atoms with Crippen molar-refractivity contribution in [1.29, 1.82) is 0 Å². The number of nitrogens with one attached hydrogen (secondary N) is 1. The third-order valence-electron chi connectivity index (χ3n) is 2.31. The van der Waals surface area contributed by atoms with Gasteiger partial charge < -0.3 is 5.32 Å². The summed E-state index contributed by atoms with van der Waals surface area (Å²) in [6.45, 7) is 0.718. The number of aryl methyl sites for hydroxylation is 1. The SMILES string of the molecule is Cn1cc(C(=O)NCCCCCCCl)cn1. The lowest BCUT2D eigenvalue weighted by Gasteiger charge is -2.02. The summed E-state index contributed by atoms with van der Waals surface area (Å²) in [7, 11) is 1.79. The first kappa shape index (κ1) is 13.0. The molecule has 0 unspecified atom stereocenters. The van der Waals surface area contributed by atoms with Gasteiger partial charge in [0.25, 0.3) is 5.91 Å². The van der Waals surface area contributed by atoms with Crippen LogP contribution in [0.1, 0.15) is 36.0 Å². The van der Waals surface area contributed by atoms with Crippen LogP contribution < -0.4 is 5.32 Å². The van der Waals surface area contributed by atoms with Crippen molar-refractivity contribution in [3.8, 4) is 0 Å². The average molecular weight is 244 g/mol. The van der Waals surface area contributed by atoms with Crippen LogP contribution in [0, 0.1) is 0 Å². The topological polar surface area (TPSA) is 46.9 Å². The fourth-order valence-electron chi connectivity index (χ4n) is 1.42. The number of rotatable bonds is 7. The monoisotopic (exact) mass is 243 g/mol. The molecule has 1 aromatic heterocycles. The first-order valence-corrected chi connectivity index (χ1v) is 6.10. The van der Waals surface area contributed by atoms with Crippen LogP contribution in [0.3, 0.4) is 0 Å². The Kier molecular flexibility index (Phi) is 5.93. The molecule has 1 rings (SSSR count). The van der Waals surface area contributed by atoms with E-state index in [-0.39, 0.29) is 5.91 Å². The second-order valence-corrected chi connectivity index (χ2v) is 4.14. The second kappa shape index (κ2) is 7.28. The van der Waals surface area contributed by atoms with Crippen LogP contribution in [0.5, 0.6) is 0 Å². The van der Waals surface area contributed by atoms with Crippen LogP contribution in [0.15, 0.2) is 12.4 Å². The van der Waals surface area contributed by atoms with Crippen molar-refractivity contribution < 1.29 is 4.79 Å². The van der Waals surface area contributed by atoms with Gasteiger partial charge in [0, 0.05) is 25.7 Å². The van der Waals surface area contributed by atoms with E-state index >= 15 is 0 Å². The Morgan fingerprint density at radius 1 is 1.44 bits per heavy atom. The predicted molar refractivity (Wildman–Crippen MR) is 64.7 cm³/mol. The molecule has 0 aliphatic rings. The molecule has 1 amide bonds. The molecular formula is C11H18ClN3O. The fourth-order valence-corrected chi connectivity index (χ4v) is 1.60. The van der Waals surface area contributed by atoms with Gasteiger partial charge in [0.15, 0.2) is 0 Å². The van der Waals surface area contributed by atoms with Gasteiger partial charge in [0.2, 0.25) is 0 Å². The summed E-state index contributed by atoms with van der Waals surface area (Å²) in [6, 6.07) is 0. The second-order valence-electron chi connectivity index (χ2n) is 3.76. The maximum atomic E-state index is 11.6. The van der Waals surface area contributed by atoms with E-state index in [1.165, 1.54) is 0 Å². The zero-order chi connectivity index (χ0) is 11.8. The van der Waals surface area contributed by atoms with E-state index in [0.29, 0.717) is 5.56 Å². The third kappa shape index (κ3) is 4.66. The number of amides is 1. The first-order chi connectivity index (χ1) is 7.74. The molecule has 0 radical (unpaired) electrons. The molecule has 0 aliphatic heterocycles. The number of nitrogens with zero attached hydrogens (tertiary/aromatic N) is 2. The van der Waals surface area contributed by atoms with E-state index in [1.54, 1.807) is 24.1 Å². The highest BCUT2D eigenvalue weighted by atomic mass is 35.5. The highest BCUT2D eigenvalue weighted by Gasteiger charge is 2.05. The van der Waals surface area contributed by atoms with Gasteiger partial charge in [-0.05, 0) is 12.8 Å². The fraction of sp³-hybridized carbons (Fsp3) is 0.636. The minimum Gasteiger partial charge on any atom is -0.352 e. The number of carbonyl (C=O) groups excluding carboxylic acids is 1. The lowest BCUT2D eigenvalue weighted by atomic mass is 10.2. The van der Waals surface area contributed by atoms with Crippen LogP contribution in [-0.2, 0) is 7.05 Å². The molecule has 16 heavy (non-hydrogen) atoms. The summed E-state index contributed by atoms with van der Waals surface area (Å²) < 4.78 is 1.62. The van der Waals surface area contributed by atoms with Crippen molar-refractivity contribution in [3.05, 3.63) is 18.0 Å². The molecule has 0 spiro atoms. The molecule has 5 heteroatoms. The highest BCUT2D eigenvalue weighted by Crippen LogP contribution is 2.01. The lowest BCUT2D eigenvalue weighted by molar-refractivity contribution is 0.0953. The normalized spacial score (nSPS) is 10.4. The summed E-state index contributed by atoms with van der Waals surface area (Å²) in [4.78, 5) is 11.6. The van der Waals surface area contributed by atoms with Crippen LogP contribution in [-0.4, -0.2) is 28.1 Å². The maximum Gasteiger partial charge on any atom is 0.254 e. The standard InChI is InChI=1S/C11H18ClN3O/c1-15-9-10(8-14-15)11(16)13-7-5-3-2-4-6-12/h8-9H,2-7H2,1H3,(H,13,16). The summed E-state index contributed by atoms with van der Waals surface area (Å²) in [5, 5.41) is 6.81. The molecular weight excluding hydrogens is 226 g/mol. The molecule has 1 N–H and O–H groups in total. The molecule has 1 heterocycles. The molecule has 0 bridgehead atoms. The van der Waals surface area contributed by atoms with Crippen molar-refractivity contribution in [2.45, 2.75) is 25.7 Å². The van der Waals surface area contributed by atoms with Crippen molar-refractivity contribution in [3.63, 3.8) is 0 Å². The van der Waals surface area contributed by atoms with E-state index in [0.717, 1.165) is 38.1 Å². The van der Waals surface area contributed by atoms with E-state index in [9.17, 15) is 4.79 Å². The van der Waals surface area contributed by atoms with Gasteiger partial charge in [-0.1, -0.05) is 12.8 Å². The zero-order valence-electron chi connectivity index (χ0n) is 9.58. The molecule has 0 atom stereocenters. The Morgan fingerprint density at radius 3 is 2.81 bits per heavy atom. The summed E-state index contributed by atoms with van der Waals surface area (Å²) in [5.41, 5.74) is 0.614. The molecule has 4 nitrogen and oxygen atoms in total. The van der Waals surface area contributed by atoms with Crippen molar-refractivity contribution in [1.82, 2.24) is 15.1 Å². The van der Waals surface area contributed by atoms with E-state index in [4.69, 9.17) is 11.6 Å². The van der Waals surface area contributed by atoms with E-state index in [1.807, 2.05) is 0 Å². The molecule has 0 aromatic carbocycles. The Hall–Kier alpha value is -1.03. The van der Waals surface area contributed by atoms with Crippen LogP contribution in [0.2, 0.25) is 0 Å². The number of halogens is 1. The smallest absolute Gasteiger partial charge is 0.254 e. The van der Waals surface area contributed by atoms with Gasteiger partial charge in [-0.15, -0.1) is 11.6 Å². The number of hydrogen-bond donors (Lipinski definition) is 1. The Labute approximate surface area is 101 Å². The van der Waals surface area contributed by atoms with Crippen LogP contribution >= 0.6 is 11.6 Å². The Balaban J connectivity index is 2.11.